The number of hydrogen-bond donors (Lipinski definition) is 0. The van der Waals surface area contributed by atoms with Gasteiger partial charge in [0.1, 0.15) is 5.75 Å². The van der Waals surface area contributed by atoms with Crippen molar-refractivity contribution in [1.82, 2.24) is 0 Å². The SMILES string of the molecule is COc1ccc(/C=C2\C=C(c3ccccc3)N(c3ccccc3)C2=O)cc1Br. The van der Waals surface area contributed by atoms with Gasteiger partial charge in [-0.25, -0.2) is 0 Å². The molecule has 1 heterocycles. The first-order valence-electron chi connectivity index (χ1n) is 8.89. The summed E-state index contributed by atoms with van der Waals surface area (Å²) in [5.41, 5.74) is 4.28. The number of carbonyl (C=O) groups is 1. The molecule has 0 aliphatic carbocycles. The van der Waals surface area contributed by atoms with Gasteiger partial charge in [0, 0.05) is 11.3 Å². The van der Waals surface area contributed by atoms with E-state index in [1.54, 1.807) is 12.0 Å². The largest absolute Gasteiger partial charge is 0.496 e. The van der Waals surface area contributed by atoms with Gasteiger partial charge >= 0.3 is 0 Å². The lowest BCUT2D eigenvalue weighted by atomic mass is 10.1. The van der Waals surface area contributed by atoms with Gasteiger partial charge in [-0.05, 0) is 63.5 Å². The van der Waals surface area contributed by atoms with Crippen LogP contribution in [0.4, 0.5) is 5.69 Å². The van der Waals surface area contributed by atoms with Gasteiger partial charge in [-0.15, -0.1) is 0 Å². The molecule has 3 aromatic carbocycles. The average molecular weight is 432 g/mol. The molecule has 3 nitrogen and oxygen atoms in total. The fourth-order valence-corrected chi connectivity index (χ4v) is 3.78. The second kappa shape index (κ2) is 7.87. The Morgan fingerprint density at radius 1 is 0.929 bits per heavy atom. The van der Waals surface area contributed by atoms with E-state index in [2.05, 4.69) is 15.9 Å². The van der Waals surface area contributed by atoms with Gasteiger partial charge in [0.15, 0.2) is 0 Å². The summed E-state index contributed by atoms with van der Waals surface area (Å²) in [7, 11) is 1.63. The minimum atomic E-state index is -0.0445. The van der Waals surface area contributed by atoms with Crippen molar-refractivity contribution in [2.45, 2.75) is 0 Å². The third-order valence-electron chi connectivity index (χ3n) is 4.57. The Morgan fingerprint density at radius 2 is 1.61 bits per heavy atom. The molecule has 28 heavy (non-hydrogen) atoms. The Hall–Kier alpha value is -3.11. The molecule has 138 valence electrons. The zero-order valence-electron chi connectivity index (χ0n) is 15.3. The molecule has 1 aliphatic rings. The molecule has 0 N–H and O–H groups in total. The number of para-hydroxylation sites is 1. The molecule has 0 atom stereocenters. The van der Waals surface area contributed by atoms with Crippen molar-refractivity contribution in [3.63, 3.8) is 0 Å². The van der Waals surface area contributed by atoms with Crippen molar-refractivity contribution in [1.29, 1.82) is 0 Å². The number of rotatable bonds is 4. The Bertz CT molecular complexity index is 1070. The molecule has 0 saturated heterocycles. The lowest BCUT2D eigenvalue weighted by Crippen LogP contribution is -2.24. The quantitative estimate of drug-likeness (QED) is 0.479. The minimum Gasteiger partial charge on any atom is -0.496 e. The first-order chi connectivity index (χ1) is 13.7. The summed E-state index contributed by atoms with van der Waals surface area (Å²) in [4.78, 5) is 15.0. The van der Waals surface area contributed by atoms with Crippen LogP contribution in [0.1, 0.15) is 11.1 Å². The van der Waals surface area contributed by atoms with Crippen LogP contribution in [0.15, 0.2) is 95.0 Å². The molecule has 4 heteroatoms. The molecule has 0 spiro atoms. The Labute approximate surface area is 172 Å². The molecule has 0 saturated carbocycles. The number of amides is 1. The average Bonchev–Trinajstić information content (AvgIpc) is 3.05. The summed E-state index contributed by atoms with van der Waals surface area (Å²) in [5.74, 6) is 0.711. The summed E-state index contributed by atoms with van der Waals surface area (Å²) in [6.07, 6.45) is 3.85. The number of benzene rings is 3. The van der Waals surface area contributed by atoms with E-state index in [4.69, 9.17) is 4.74 Å². The Kier molecular flexibility index (Phi) is 5.13. The van der Waals surface area contributed by atoms with Crippen LogP contribution < -0.4 is 9.64 Å². The fourth-order valence-electron chi connectivity index (χ4n) is 3.22. The maximum Gasteiger partial charge on any atom is 0.262 e. The standard InChI is InChI=1S/C24H18BrNO2/c1-28-23-13-12-17(15-21(23)25)14-19-16-22(18-8-4-2-5-9-18)26(24(19)27)20-10-6-3-7-11-20/h2-16H,1H3/b19-14+. The first-order valence-corrected chi connectivity index (χ1v) is 9.68. The van der Waals surface area contributed by atoms with Crippen molar-refractivity contribution < 1.29 is 9.53 Å². The van der Waals surface area contributed by atoms with Crippen LogP contribution in [-0.2, 0) is 4.79 Å². The van der Waals surface area contributed by atoms with Crippen LogP contribution in [0.3, 0.4) is 0 Å². The molecule has 1 amide bonds. The maximum absolute atomic E-state index is 13.3. The second-order valence-corrected chi connectivity index (χ2v) is 7.22. The first kappa shape index (κ1) is 18.3. The van der Waals surface area contributed by atoms with E-state index in [1.165, 1.54) is 0 Å². The highest BCUT2D eigenvalue weighted by Gasteiger charge is 2.30. The van der Waals surface area contributed by atoms with Gasteiger partial charge in [0.05, 0.1) is 17.3 Å². The third-order valence-corrected chi connectivity index (χ3v) is 5.18. The molecule has 0 fully saturated rings. The molecule has 0 aromatic heterocycles. The summed E-state index contributed by atoms with van der Waals surface area (Å²) in [6, 6.07) is 25.4. The highest BCUT2D eigenvalue weighted by Crippen LogP contribution is 2.35. The van der Waals surface area contributed by atoms with Crippen LogP contribution in [0, 0.1) is 0 Å². The summed E-state index contributed by atoms with van der Waals surface area (Å²) in [5, 5.41) is 0. The van der Waals surface area contributed by atoms with Crippen molar-refractivity contribution in [3.8, 4) is 5.75 Å². The summed E-state index contributed by atoms with van der Waals surface area (Å²) < 4.78 is 6.14. The van der Waals surface area contributed by atoms with Gasteiger partial charge in [0.25, 0.3) is 5.91 Å². The lowest BCUT2D eigenvalue weighted by molar-refractivity contribution is -0.113. The summed E-state index contributed by atoms with van der Waals surface area (Å²) in [6.45, 7) is 0. The van der Waals surface area contributed by atoms with Crippen LogP contribution in [0.25, 0.3) is 11.8 Å². The molecule has 3 aromatic rings. The predicted octanol–water partition coefficient (Wildman–Crippen LogP) is 5.93. The van der Waals surface area contributed by atoms with Crippen molar-refractivity contribution in [2.75, 3.05) is 12.0 Å². The number of carbonyl (C=O) groups excluding carboxylic acids is 1. The van der Waals surface area contributed by atoms with Crippen molar-refractivity contribution in [2.24, 2.45) is 0 Å². The number of nitrogens with zero attached hydrogens (tertiary/aromatic N) is 1. The fraction of sp³-hybridized carbons (Fsp3) is 0.0417. The van der Waals surface area contributed by atoms with E-state index in [0.717, 1.165) is 32.7 Å². The Balaban J connectivity index is 1.79. The van der Waals surface area contributed by atoms with Gasteiger partial charge in [-0.2, -0.15) is 0 Å². The predicted molar refractivity (Wildman–Crippen MR) is 117 cm³/mol. The van der Waals surface area contributed by atoms with Gasteiger partial charge in [-0.1, -0.05) is 54.6 Å². The van der Waals surface area contributed by atoms with Crippen LogP contribution in [0.2, 0.25) is 0 Å². The van der Waals surface area contributed by atoms with Gasteiger partial charge in [0.2, 0.25) is 0 Å². The van der Waals surface area contributed by atoms with Crippen LogP contribution in [-0.4, -0.2) is 13.0 Å². The zero-order chi connectivity index (χ0) is 19.5. The van der Waals surface area contributed by atoms with Crippen LogP contribution in [0.5, 0.6) is 5.75 Å². The smallest absolute Gasteiger partial charge is 0.262 e. The minimum absolute atomic E-state index is 0.0445. The number of methoxy groups -OCH3 is 1. The molecule has 4 rings (SSSR count). The lowest BCUT2D eigenvalue weighted by Gasteiger charge is -2.20. The number of hydrogen-bond acceptors (Lipinski definition) is 2. The van der Waals surface area contributed by atoms with E-state index >= 15 is 0 Å². The highest BCUT2D eigenvalue weighted by molar-refractivity contribution is 9.10. The van der Waals surface area contributed by atoms with E-state index in [1.807, 2.05) is 91.0 Å². The number of ether oxygens (including phenoxy) is 1. The van der Waals surface area contributed by atoms with Crippen molar-refractivity contribution >= 4 is 39.3 Å². The maximum atomic E-state index is 13.3. The molecule has 0 bridgehead atoms. The van der Waals surface area contributed by atoms with E-state index < -0.39 is 0 Å². The molecular formula is C24H18BrNO2. The molecule has 1 aliphatic heterocycles. The van der Waals surface area contributed by atoms with Gasteiger partial charge in [-0.3, -0.25) is 9.69 Å². The Morgan fingerprint density at radius 3 is 2.25 bits per heavy atom. The third kappa shape index (κ3) is 3.51. The zero-order valence-corrected chi connectivity index (χ0v) is 16.9. The topological polar surface area (TPSA) is 29.5 Å². The second-order valence-electron chi connectivity index (χ2n) is 6.37. The number of halogens is 1. The van der Waals surface area contributed by atoms with Gasteiger partial charge < -0.3 is 4.74 Å². The van der Waals surface area contributed by atoms with E-state index in [9.17, 15) is 4.79 Å². The van der Waals surface area contributed by atoms with E-state index in [0.29, 0.717) is 5.57 Å². The monoisotopic (exact) mass is 431 g/mol. The molecular weight excluding hydrogens is 414 g/mol. The van der Waals surface area contributed by atoms with Crippen molar-refractivity contribution in [3.05, 3.63) is 106 Å². The van der Waals surface area contributed by atoms with Crippen LogP contribution >= 0.6 is 15.9 Å². The van der Waals surface area contributed by atoms with E-state index in [-0.39, 0.29) is 5.91 Å². The molecule has 0 unspecified atom stereocenters. The molecule has 0 radical (unpaired) electrons. The normalized spacial score (nSPS) is 15.1. The highest BCUT2D eigenvalue weighted by atomic mass is 79.9. The summed E-state index contributed by atoms with van der Waals surface area (Å²) >= 11 is 3.50. The number of anilines is 1.